The summed E-state index contributed by atoms with van der Waals surface area (Å²) in [6, 6.07) is 3.13. The van der Waals surface area contributed by atoms with Crippen molar-refractivity contribution in [1.82, 2.24) is 25.2 Å². The van der Waals surface area contributed by atoms with Crippen molar-refractivity contribution >= 4 is 0 Å². The number of pyridine rings is 1. The van der Waals surface area contributed by atoms with Crippen molar-refractivity contribution in [2.24, 2.45) is 0 Å². The number of nitrogens with zero attached hydrogens (tertiary/aromatic N) is 5. The van der Waals surface area contributed by atoms with Gasteiger partial charge in [-0.05, 0) is 34.7 Å². The van der Waals surface area contributed by atoms with Crippen LogP contribution in [0.1, 0.15) is 11.3 Å². The van der Waals surface area contributed by atoms with Crippen LogP contribution in [0, 0.1) is 17.5 Å². The lowest BCUT2D eigenvalue weighted by Gasteiger charge is -2.35. The molecule has 1 unspecified atom stereocenters. The van der Waals surface area contributed by atoms with Gasteiger partial charge in [-0.3, -0.25) is 4.98 Å². The summed E-state index contributed by atoms with van der Waals surface area (Å²) in [5, 5.41) is 20.7. The van der Waals surface area contributed by atoms with E-state index in [-0.39, 0.29) is 0 Å². The molecule has 0 aliphatic rings. The third-order valence-electron chi connectivity index (χ3n) is 3.73. The minimum Gasteiger partial charge on any atom is -0.377 e. The summed E-state index contributed by atoms with van der Waals surface area (Å²) in [5.41, 5.74) is -5.16. The fraction of sp³-hybridized carbons (Fsp3) is 0.200. The molecular weight excluding hydrogens is 361 g/mol. The van der Waals surface area contributed by atoms with Crippen LogP contribution in [0.15, 0.2) is 42.9 Å². The molecule has 1 aromatic carbocycles. The van der Waals surface area contributed by atoms with Crippen LogP contribution in [0.4, 0.5) is 22.0 Å². The summed E-state index contributed by atoms with van der Waals surface area (Å²) in [4.78, 5) is 3.28. The van der Waals surface area contributed by atoms with Crippen LogP contribution in [0.2, 0.25) is 0 Å². The number of rotatable bonds is 5. The van der Waals surface area contributed by atoms with Crippen LogP contribution in [-0.4, -0.2) is 30.3 Å². The molecule has 0 amide bonds. The van der Waals surface area contributed by atoms with Gasteiger partial charge in [0.2, 0.25) is 0 Å². The number of aromatic nitrogens is 5. The Morgan fingerprint density at radius 3 is 2.35 bits per heavy atom. The fourth-order valence-corrected chi connectivity index (χ4v) is 2.44. The highest BCUT2D eigenvalue weighted by atomic mass is 19.3. The third kappa shape index (κ3) is 3.01. The molecule has 26 heavy (non-hydrogen) atoms. The van der Waals surface area contributed by atoms with Crippen molar-refractivity contribution in [3.8, 4) is 0 Å². The number of benzene rings is 1. The Balaban J connectivity index is 2.17. The molecule has 0 saturated carbocycles. The standard InChI is InChI=1S/C15H10F5N5O/c16-9-1-3-11(12(18)5-9)14(26,7-25-8-22-23-24-25)15(19,20)13-4-2-10(17)6-21-13/h1-6,8,26H,7H2. The van der Waals surface area contributed by atoms with Crippen molar-refractivity contribution in [2.45, 2.75) is 18.1 Å². The Bertz CT molecular complexity index is 903. The molecule has 1 atom stereocenters. The molecule has 6 nitrogen and oxygen atoms in total. The van der Waals surface area contributed by atoms with Crippen LogP contribution in [0.5, 0.6) is 0 Å². The van der Waals surface area contributed by atoms with Gasteiger partial charge in [-0.2, -0.15) is 8.78 Å². The lowest BCUT2D eigenvalue weighted by Crippen LogP contribution is -2.48. The number of hydrogen-bond donors (Lipinski definition) is 1. The molecule has 0 saturated heterocycles. The molecule has 0 radical (unpaired) electrons. The Morgan fingerprint density at radius 2 is 1.77 bits per heavy atom. The van der Waals surface area contributed by atoms with Gasteiger partial charge in [0.25, 0.3) is 0 Å². The molecule has 0 aliphatic carbocycles. The van der Waals surface area contributed by atoms with E-state index in [4.69, 9.17) is 0 Å². The van der Waals surface area contributed by atoms with E-state index in [1.54, 1.807) is 0 Å². The maximum absolute atomic E-state index is 15.1. The molecule has 2 heterocycles. The Hall–Kier alpha value is -2.95. The lowest BCUT2D eigenvalue weighted by atomic mass is 9.84. The summed E-state index contributed by atoms with van der Waals surface area (Å²) < 4.78 is 71.4. The number of alkyl halides is 2. The number of hydrogen-bond acceptors (Lipinski definition) is 5. The van der Waals surface area contributed by atoms with Crippen LogP contribution < -0.4 is 0 Å². The van der Waals surface area contributed by atoms with E-state index in [2.05, 4.69) is 20.5 Å². The minimum atomic E-state index is -4.20. The van der Waals surface area contributed by atoms with Crippen molar-refractivity contribution in [1.29, 1.82) is 0 Å². The average molecular weight is 371 g/mol. The van der Waals surface area contributed by atoms with Gasteiger partial charge in [0.15, 0.2) is 5.60 Å². The fourth-order valence-electron chi connectivity index (χ4n) is 2.44. The average Bonchev–Trinajstić information content (AvgIpc) is 3.07. The molecule has 11 heteroatoms. The maximum Gasteiger partial charge on any atom is 0.323 e. The zero-order valence-corrected chi connectivity index (χ0v) is 12.8. The monoisotopic (exact) mass is 371 g/mol. The predicted octanol–water partition coefficient (Wildman–Crippen LogP) is 2.17. The van der Waals surface area contributed by atoms with E-state index in [1.165, 1.54) is 0 Å². The van der Waals surface area contributed by atoms with Crippen molar-refractivity contribution < 1.29 is 27.1 Å². The van der Waals surface area contributed by atoms with Gasteiger partial charge in [0, 0.05) is 11.6 Å². The third-order valence-corrected chi connectivity index (χ3v) is 3.73. The van der Waals surface area contributed by atoms with Gasteiger partial charge in [0.05, 0.1) is 12.7 Å². The summed E-state index contributed by atoms with van der Waals surface area (Å²) >= 11 is 0. The summed E-state index contributed by atoms with van der Waals surface area (Å²) in [6.45, 7) is -0.978. The topological polar surface area (TPSA) is 76.7 Å². The van der Waals surface area contributed by atoms with Gasteiger partial charge in [-0.25, -0.2) is 17.9 Å². The smallest absolute Gasteiger partial charge is 0.323 e. The second-order valence-corrected chi connectivity index (χ2v) is 5.43. The van der Waals surface area contributed by atoms with E-state index in [0.717, 1.165) is 17.1 Å². The zero-order valence-electron chi connectivity index (χ0n) is 12.8. The second kappa shape index (κ2) is 6.41. The molecule has 3 rings (SSSR count). The highest BCUT2D eigenvalue weighted by molar-refractivity contribution is 5.31. The lowest BCUT2D eigenvalue weighted by molar-refractivity contribution is -0.207. The molecule has 0 spiro atoms. The molecular formula is C15H10F5N5O. The van der Waals surface area contributed by atoms with Gasteiger partial charge < -0.3 is 5.11 Å². The first kappa shape index (κ1) is 17.9. The quantitative estimate of drug-likeness (QED) is 0.696. The Labute approximate surface area is 142 Å². The number of halogens is 5. The highest BCUT2D eigenvalue weighted by Crippen LogP contribution is 2.46. The summed E-state index contributed by atoms with van der Waals surface area (Å²) in [7, 11) is 0. The number of tetrazole rings is 1. The zero-order chi connectivity index (χ0) is 18.9. The summed E-state index contributed by atoms with van der Waals surface area (Å²) in [6.07, 6.45) is 1.46. The van der Waals surface area contributed by atoms with Gasteiger partial charge >= 0.3 is 5.92 Å². The van der Waals surface area contributed by atoms with E-state index in [1.807, 2.05) is 0 Å². The summed E-state index contributed by atoms with van der Waals surface area (Å²) in [5.74, 6) is -7.49. The normalized spacial score (nSPS) is 14.2. The van der Waals surface area contributed by atoms with E-state index >= 15 is 8.78 Å². The van der Waals surface area contributed by atoms with Gasteiger partial charge in [-0.15, -0.1) is 5.10 Å². The molecule has 2 aromatic heterocycles. The predicted molar refractivity (Wildman–Crippen MR) is 76.2 cm³/mol. The first-order chi connectivity index (χ1) is 12.2. The van der Waals surface area contributed by atoms with Crippen LogP contribution in [-0.2, 0) is 18.1 Å². The highest BCUT2D eigenvalue weighted by Gasteiger charge is 2.57. The Morgan fingerprint density at radius 1 is 1.04 bits per heavy atom. The van der Waals surface area contributed by atoms with Gasteiger partial charge in [0.1, 0.15) is 29.5 Å². The Kier molecular flexibility index (Phi) is 4.40. The molecule has 136 valence electrons. The first-order valence-corrected chi connectivity index (χ1v) is 7.12. The van der Waals surface area contributed by atoms with Crippen molar-refractivity contribution in [2.75, 3.05) is 0 Å². The van der Waals surface area contributed by atoms with Crippen molar-refractivity contribution in [3.63, 3.8) is 0 Å². The SMILES string of the molecule is OC(Cn1cnnn1)(c1ccc(F)cc1F)C(F)(F)c1ccc(F)cn1. The van der Waals surface area contributed by atoms with Crippen LogP contribution in [0.25, 0.3) is 0 Å². The van der Waals surface area contributed by atoms with Crippen LogP contribution >= 0.6 is 0 Å². The van der Waals surface area contributed by atoms with Crippen molar-refractivity contribution in [3.05, 3.63) is 71.6 Å². The minimum absolute atomic E-state index is 0.355. The molecule has 3 aromatic rings. The number of aliphatic hydroxyl groups is 1. The van der Waals surface area contributed by atoms with Crippen LogP contribution in [0.3, 0.4) is 0 Å². The maximum atomic E-state index is 15.1. The van der Waals surface area contributed by atoms with E-state index < -0.39 is 46.8 Å². The molecule has 0 aliphatic heterocycles. The van der Waals surface area contributed by atoms with Gasteiger partial charge in [-0.1, -0.05) is 0 Å². The second-order valence-electron chi connectivity index (χ2n) is 5.43. The van der Waals surface area contributed by atoms with E-state index in [9.17, 15) is 18.3 Å². The molecule has 0 bridgehead atoms. The molecule has 1 N–H and O–H groups in total. The molecule has 0 fully saturated rings. The first-order valence-electron chi connectivity index (χ1n) is 7.12. The van der Waals surface area contributed by atoms with E-state index in [0.29, 0.717) is 30.5 Å². The largest absolute Gasteiger partial charge is 0.377 e.